The summed E-state index contributed by atoms with van der Waals surface area (Å²) >= 11 is 9.36. The largest absolute Gasteiger partial charge is 0.488 e. The topological polar surface area (TPSA) is 58.6 Å². The molecule has 4 rings (SSSR count). The van der Waals surface area contributed by atoms with Crippen LogP contribution in [-0.2, 0) is 16.2 Å². The standard InChI is InChI=1S/C23H16BrClN2O3/c24-17-8-11-21(30-14-15-6-9-18(25)10-7-15)16(12-17)13-20-22(28)26-27(23(20)29)19-4-2-1-3-5-19/h1-13H,14H2,(H,26,28)/b20-13-. The fraction of sp³-hybridized carbons (Fsp3) is 0.0435. The molecular formula is C23H16BrClN2O3. The Morgan fingerprint density at radius 2 is 1.73 bits per heavy atom. The summed E-state index contributed by atoms with van der Waals surface area (Å²) in [6.07, 6.45) is 1.54. The van der Waals surface area contributed by atoms with E-state index in [1.807, 2.05) is 24.3 Å². The van der Waals surface area contributed by atoms with Gasteiger partial charge in [-0.1, -0.05) is 57.9 Å². The predicted molar refractivity (Wildman–Crippen MR) is 120 cm³/mol. The molecule has 0 spiro atoms. The minimum absolute atomic E-state index is 0.0355. The van der Waals surface area contributed by atoms with E-state index in [0.717, 1.165) is 10.0 Å². The second kappa shape index (κ2) is 8.73. The Bertz CT molecular complexity index is 1130. The molecule has 1 saturated heterocycles. The van der Waals surface area contributed by atoms with E-state index in [0.29, 0.717) is 28.6 Å². The van der Waals surface area contributed by atoms with E-state index in [9.17, 15) is 9.59 Å². The zero-order valence-electron chi connectivity index (χ0n) is 15.6. The van der Waals surface area contributed by atoms with Crippen molar-refractivity contribution in [2.24, 2.45) is 0 Å². The van der Waals surface area contributed by atoms with Crippen LogP contribution in [0.2, 0.25) is 5.02 Å². The highest BCUT2D eigenvalue weighted by Gasteiger charge is 2.34. The van der Waals surface area contributed by atoms with Crippen molar-refractivity contribution in [1.82, 2.24) is 5.43 Å². The molecule has 3 aromatic carbocycles. The molecule has 0 saturated carbocycles. The minimum Gasteiger partial charge on any atom is -0.488 e. The smallest absolute Gasteiger partial charge is 0.282 e. The first-order valence-corrected chi connectivity index (χ1v) is 10.3. The Hall–Kier alpha value is -3.09. The van der Waals surface area contributed by atoms with E-state index in [2.05, 4.69) is 21.4 Å². The third-order valence-corrected chi connectivity index (χ3v) is 5.23. The van der Waals surface area contributed by atoms with Crippen LogP contribution >= 0.6 is 27.5 Å². The normalized spacial score (nSPS) is 14.9. The fourth-order valence-electron chi connectivity index (χ4n) is 2.98. The van der Waals surface area contributed by atoms with Gasteiger partial charge < -0.3 is 4.74 Å². The maximum atomic E-state index is 12.8. The zero-order valence-corrected chi connectivity index (χ0v) is 18.0. The Labute approximate surface area is 187 Å². The van der Waals surface area contributed by atoms with Gasteiger partial charge in [0.15, 0.2) is 0 Å². The van der Waals surface area contributed by atoms with E-state index in [1.54, 1.807) is 54.6 Å². The molecule has 5 nitrogen and oxygen atoms in total. The number of anilines is 1. The first-order valence-electron chi connectivity index (χ1n) is 9.10. The predicted octanol–water partition coefficient (Wildman–Crippen LogP) is 5.14. The average Bonchev–Trinajstić information content (AvgIpc) is 3.03. The zero-order chi connectivity index (χ0) is 21.1. The van der Waals surface area contributed by atoms with Gasteiger partial charge in [0.05, 0.1) is 5.69 Å². The van der Waals surface area contributed by atoms with E-state index in [-0.39, 0.29) is 5.57 Å². The first-order chi connectivity index (χ1) is 14.5. The highest BCUT2D eigenvalue weighted by Crippen LogP contribution is 2.29. The minimum atomic E-state index is -0.465. The average molecular weight is 484 g/mol. The molecule has 3 aromatic rings. The van der Waals surface area contributed by atoms with Gasteiger partial charge in [-0.3, -0.25) is 15.0 Å². The molecule has 0 radical (unpaired) electrons. The molecule has 2 amide bonds. The molecule has 1 aliphatic heterocycles. The Morgan fingerprint density at radius 1 is 1.00 bits per heavy atom. The first kappa shape index (κ1) is 20.2. The maximum absolute atomic E-state index is 12.8. The summed E-state index contributed by atoms with van der Waals surface area (Å²) in [7, 11) is 0. The number of carbonyl (C=O) groups excluding carboxylic acids is 2. The number of hydrogen-bond donors (Lipinski definition) is 1. The molecule has 0 bridgehead atoms. The van der Waals surface area contributed by atoms with Crippen molar-refractivity contribution in [2.45, 2.75) is 6.61 Å². The highest BCUT2D eigenvalue weighted by molar-refractivity contribution is 9.10. The molecule has 1 N–H and O–H groups in total. The molecule has 30 heavy (non-hydrogen) atoms. The van der Waals surface area contributed by atoms with Crippen molar-refractivity contribution in [1.29, 1.82) is 0 Å². The van der Waals surface area contributed by atoms with Crippen molar-refractivity contribution in [3.05, 3.63) is 99.0 Å². The van der Waals surface area contributed by atoms with Gasteiger partial charge in [0, 0.05) is 15.1 Å². The Morgan fingerprint density at radius 3 is 2.47 bits per heavy atom. The number of nitrogens with zero attached hydrogens (tertiary/aromatic N) is 1. The van der Waals surface area contributed by atoms with E-state index in [4.69, 9.17) is 16.3 Å². The lowest BCUT2D eigenvalue weighted by atomic mass is 10.1. The van der Waals surface area contributed by atoms with Crippen molar-refractivity contribution in [3.63, 3.8) is 0 Å². The summed E-state index contributed by atoms with van der Waals surface area (Å²) in [4.78, 5) is 25.3. The van der Waals surface area contributed by atoms with Crippen molar-refractivity contribution in [3.8, 4) is 5.75 Å². The summed E-state index contributed by atoms with van der Waals surface area (Å²) in [5.41, 5.74) is 4.79. The number of ether oxygens (including phenoxy) is 1. The van der Waals surface area contributed by atoms with Gasteiger partial charge in [-0.2, -0.15) is 0 Å². The van der Waals surface area contributed by atoms with Gasteiger partial charge in [-0.05, 0) is 54.1 Å². The van der Waals surface area contributed by atoms with Gasteiger partial charge in [-0.15, -0.1) is 0 Å². The number of hydrazine groups is 1. The number of benzene rings is 3. The molecule has 7 heteroatoms. The van der Waals surface area contributed by atoms with Crippen LogP contribution in [0.4, 0.5) is 5.69 Å². The molecule has 0 aliphatic carbocycles. The van der Waals surface area contributed by atoms with Crippen LogP contribution in [0, 0.1) is 0 Å². The quantitative estimate of drug-likeness (QED) is 0.404. The van der Waals surface area contributed by atoms with Crippen LogP contribution < -0.4 is 15.2 Å². The monoisotopic (exact) mass is 482 g/mol. The summed E-state index contributed by atoms with van der Waals surface area (Å²) in [5, 5.41) is 1.89. The number of carbonyl (C=O) groups is 2. The third-order valence-electron chi connectivity index (χ3n) is 4.49. The van der Waals surface area contributed by atoms with E-state index >= 15 is 0 Å². The third kappa shape index (κ3) is 4.40. The van der Waals surface area contributed by atoms with Crippen LogP contribution in [0.3, 0.4) is 0 Å². The number of amides is 2. The molecule has 0 aromatic heterocycles. The van der Waals surface area contributed by atoms with Crippen molar-refractivity contribution in [2.75, 3.05) is 5.01 Å². The van der Waals surface area contributed by atoms with Crippen molar-refractivity contribution >= 4 is 51.1 Å². The highest BCUT2D eigenvalue weighted by atomic mass is 79.9. The van der Waals surface area contributed by atoms with Gasteiger partial charge >= 0.3 is 0 Å². The van der Waals surface area contributed by atoms with Crippen LogP contribution in [0.5, 0.6) is 5.75 Å². The number of halogens is 2. The van der Waals surface area contributed by atoms with E-state index in [1.165, 1.54) is 5.01 Å². The molecule has 1 aliphatic rings. The van der Waals surface area contributed by atoms with Crippen LogP contribution in [0.25, 0.3) is 6.08 Å². The molecular weight excluding hydrogens is 468 g/mol. The number of nitrogens with one attached hydrogen (secondary N) is 1. The molecule has 0 unspecified atom stereocenters. The Balaban J connectivity index is 1.61. The van der Waals surface area contributed by atoms with Gasteiger partial charge in [0.2, 0.25) is 0 Å². The molecule has 1 fully saturated rings. The van der Waals surface area contributed by atoms with Gasteiger partial charge in [-0.25, -0.2) is 5.01 Å². The lowest BCUT2D eigenvalue weighted by Gasteiger charge is -2.14. The van der Waals surface area contributed by atoms with Gasteiger partial charge in [0.1, 0.15) is 17.9 Å². The van der Waals surface area contributed by atoms with Crippen LogP contribution in [-0.4, -0.2) is 11.8 Å². The molecule has 150 valence electrons. The van der Waals surface area contributed by atoms with Gasteiger partial charge in [0.25, 0.3) is 11.8 Å². The lowest BCUT2D eigenvalue weighted by molar-refractivity contribution is -0.117. The second-order valence-corrected chi connectivity index (χ2v) is 7.92. The molecule has 1 heterocycles. The SMILES string of the molecule is O=C1NN(c2ccccc2)C(=O)/C1=C\c1cc(Br)ccc1OCc1ccc(Cl)cc1. The van der Waals surface area contributed by atoms with Crippen LogP contribution in [0.15, 0.2) is 82.8 Å². The summed E-state index contributed by atoms with van der Waals surface area (Å²) in [6.45, 7) is 0.325. The van der Waals surface area contributed by atoms with E-state index < -0.39 is 11.8 Å². The second-order valence-electron chi connectivity index (χ2n) is 6.57. The fourth-order valence-corrected chi connectivity index (χ4v) is 3.48. The number of hydrogen-bond acceptors (Lipinski definition) is 3. The lowest BCUT2D eigenvalue weighted by Crippen LogP contribution is -2.35. The number of rotatable bonds is 5. The number of para-hydroxylation sites is 1. The molecule has 0 atom stereocenters. The maximum Gasteiger partial charge on any atom is 0.282 e. The van der Waals surface area contributed by atoms with Crippen LogP contribution in [0.1, 0.15) is 11.1 Å². The van der Waals surface area contributed by atoms with Crippen molar-refractivity contribution < 1.29 is 14.3 Å². The Kier molecular flexibility index (Phi) is 5.88. The summed E-state index contributed by atoms with van der Waals surface area (Å²) in [5.74, 6) is -0.332. The summed E-state index contributed by atoms with van der Waals surface area (Å²) < 4.78 is 6.75. The summed E-state index contributed by atoms with van der Waals surface area (Å²) in [6, 6.07) is 21.7.